The lowest BCUT2D eigenvalue weighted by molar-refractivity contribution is -0.234. The predicted octanol–water partition coefficient (Wildman–Crippen LogP) is 7.34. The smallest absolute Gasteiger partial charge is 0.328 e. The number of carbonyl (C=O) groups excluding carboxylic acids is 5. The van der Waals surface area contributed by atoms with Gasteiger partial charge in [0.25, 0.3) is 11.7 Å². The number of rotatable bonds is 16. The van der Waals surface area contributed by atoms with Gasteiger partial charge in [0, 0.05) is 58.0 Å². The maximum atomic E-state index is 15.9. The topological polar surface area (TPSA) is 201 Å². The van der Waals surface area contributed by atoms with Crippen molar-refractivity contribution < 1.29 is 76.4 Å². The van der Waals surface area contributed by atoms with Crippen molar-refractivity contribution in [2.24, 2.45) is 35.0 Å². The minimum Gasteiger partial charge on any atom is -0.464 e. The Morgan fingerprint density at radius 2 is 1.48 bits per heavy atom. The zero-order chi connectivity index (χ0) is 56.3. The Morgan fingerprint density at radius 3 is 2.16 bits per heavy atom. The van der Waals surface area contributed by atoms with Crippen LogP contribution < -0.4 is 0 Å². The molecule has 5 aliphatic rings. The first-order valence-corrected chi connectivity index (χ1v) is 28.5. The van der Waals surface area contributed by atoms with Crippen LogP contribution in [-0.4, -0.2) is 181 Å². The van der Waals surface area contributed by atoms with E-state index >= 15 is 9.59 Å². The minimum atomic E-state index is -1.64. The molecule has 77 heavy (non-hydrogen) atoms. The van der Waals surface area contributed by atoms with Gasteiger partial charge in [-0.2, -0.15) is 0 Å². The number of methoxy groups -OCH3 is 3. The van der Waals surface area contributed by atoms with Crippen LogP contribution in [0.15, 0.2) is 47.6 Å². The standard InChI is InChI=1S/C60H95NO16/c1-39-17-13-12-14-18-40(2)51(75-32-30-71-29-31-73-47-37-72-38-47)36-46-22-20-44(6)60(77-46,59(7,8)45-21-23-50(74-28-26-62)52(35-45)68-9)56(65)57(66)61-25-16-15-19-48(61)58(67)76-27-24-49(63)41(3)34-43(5)54(69-10)55(70-11)53(64)42(4)33-39/h12-14,17-18,34,39,41-42,44-48,50-52,54-55,62H,15-16,19-33,35-38H2,1-11H3/t39?,41?,42?,44?,45-,46?,48?,50+,51?,52+,54?,55?,60?/m0/s1. The average Bonchev–Trinajstić information content (AvgIpc) is 3.52. The number of aliphatic hydroxyl groups is 1. The maximum Gasteiger partial charge on any atom is 0.328 e. The molecule has 0 aromatic rings. The molecule has 5 rings (SSSR count). The van der Waals surface area contributed by atoms with Crippen molar-refractivity contribution in [3.8, 4) is 0 Å². The number of hydrogen-bond acceptors (Lipinski definition) is 16. The van der Waals surface area contributed by atoms with E-state index in [0.717, 1.165) is 5.57 Å². The second-order valence-corrected chi connectivity index (χ2v) is 22.8. The zero-order valence-electron chi connectivity index (χ0n) is 48.3. The van der Waals surface area contributed by atoms with Gasteiger partial charge < -0.3 is 57.4 Å². The average molecular weight is 1090 g/mol. The van der Waals surface area contributed by atoms with Gasteiger partial charge in [-0.15, -0.1) is 0 Å². The van der Waals surface area contributed by atoms with Crippen LogP contribution in [0.25, 0.3) is 0 Å². The number of carbonyl (C=O) groups is 5. The summed E-state index contributed by atoms with van der Waals surface area (Å²) in [4.78, 5) is 74.1. The molecular weight excluding hydrogens is 991 g/mol. The summed E-state index contributed by atoms with van der Waals surface area (Å²) >= 11 is 0. The number of esters is 1. The molecule has 3 saturated heterocycles. The summed E-state index contributed by atoms with van der Waals surface area (Å²) < 4.78 is 60.4. The molecule has 1 saturated carbocycles. The van der Waals surface area contributed by atoms with Crippen molar-refractivity contribution in [1.82, 2.24) is 4.90 Å². The molecule has 17 nitrogen and oxygen atoms in total. The second kappa shape index (κ2) is 31.5. The third kappa shape index (κ3) is 17.0. The van der Waals surface area contributed by atoms with E-state index in [1.165, 1.54) is 19.1 Å². The molecule has 4 aliphatic heterocycles. The second-order valence-electron chi connectivity index (χ2n) is 22.8. The normalized spacial score (nSPS) is 33.8. The van der Waals surface area contributed by atoms with Gasteiger partial charge in [-0.1, -0.05) is 78.0 Å². The van der Waals surface area contributed by atoms with Gasteiger partial charge in [0.15, 0.2) is 5.78 Å². The van der Waals surface area contributed by atoms with Crippen LogP contribution in [0.3, 0.4) is 0 Å². The van der Waals surface area contributed by atoms with Crippen molar-refractivity contribution in [1.29, 1.82) is 0 Å². The van der Waals surface area contributed by atoms with E-state index in [4.69, 9.17) is 47.4 Å². The molecule has 1 aliphatic carbocycles. The first kappa shape index (κ1) is 64.3. The Kier molecular flexibility index (Phi) is 26.3. The van der Waals surface area contributed by atoms with Crippen LogP contribution in [0, 0.1) is 35.0 Å². The van der Waals surface area contributed by atoms with E-state index in [9.17, 15) is 19.5 Å². The Bertz CT molecular complexity index is 2030. The van der Waals surface area contributed by atoms with Gasteiger partial charge in [0.1, 0.15) is 35.7 Å². The molecular formula is C60H95NO16. The lowest BCUT2D eigenvalue weighted by Gasteiger charge is -2.57. The van der Waals surface area contributed by atoms with Crippen LogP contribution in [0.4, 0.5) is 0 Å². The molecule has 17 heteroatoms. The summed E-state index contributed by atoms with van der Waals surface area (Å²) in [7, 11) is 4.64. The molecule has 0 spiro atoms. The summed E-state index contributed by atoms with van der Waals surface area (Å²) in [5.74, 6) is -3.92. The fourth-order valence-corrected chi connectivity index (χ4v) is 12.3. The van der Waals surface area contributed by atoms with Crippen LogP contribution in [0.1, 0.15) is 126 Å². The van der Waals surface area contributed by atoms with Gasteiger partial charge in [-0.25, -0.2) is 4.79 Å². The Morgan fingerprint density at radius 1 is 0.753 bits per heavy atom. The number of ether oxygens (including phenoxy) is 10. The van der Waals surface area contributed by atoms with Gasteiger partial charge in [0.2, 0.25) is 0 Å². The highest BCUT2D eigenvalue weighted by molar-refractivity contribution is 6.40. The van der Waals surface area contributed by atoms with Gasteiger partial charge in [0.05, 0.1) is 83.9 Å². The molecule has 4 heterocycles. The van der Waals surface area contributed by atoms with Gasteiger partial charge in [-0.05, 0) is 101 Å². The number of fused-ring (bicyclic) bond motifs is 3. The van der Waals surface area contributed by atoms with Crippen LogP contribution in [0.5, 0.6) is 0 Å². The van der Waals surface area contributed by atoms with E-state index in [1.54, 1.807) is 20.1 Å². The quantitative estimate of drug-likeness (QED) is 0.0696. The number of piperidine rings is 1. The summed E-state index contributed by atoms with van der Waals surface area (Å²) in [5.41, 5.74) is -1.000. The molecule has 1 N–H and O–H groups in total. The monoisotopic (exact) mass is 1090 g/mol. The zero-order valence-corrected chi connectivity index (χ0v) is 48.3. The fraction of sp³-hybridized carbons (Fsp3) is 0.783. The summed E-state index contributed by atoms with van der Waals surface area (Å²) in [6, 6.07) is -1.04. The third-order valence-electron chi connectivity index (χ3n) is 17.0. The van der Waals surface area contributed by atoms with Crippen molar-refractivity contribution in [3.63, 3.8) is 0 Å². The van der Waals surface area contributed by atoms with E-state index < -0.39 is 71.0 Å². The molecule has 436 valence electrons. The molecule has 1 amide bonds. The largest absolute Gasteiger partial charge is 0.464 e. The Hall–Kier alpha value is -3.49. The SMILES string of the molecule is COC1C(=O)C(C)CC(C)C=CC=CC=C(C)C(OCCOCCOC2COC2)CC2CCC(C)C(C(C)(C)[C@H]3CC[C@@H](OCCO)[C@H](OC)C3)(O2)C(=O)C(=O)N2CCCCC2C(=O)OCCC(=O)C(C)C=C(C)C1OC. The van der Waals surface area contributed by atoms with Crippen LogP contribution in [0.2, 0.25) is 0 Å². The molecule has 4 fully saturated rings. The van der Waals surface area contributed by atoms with Crippen LogP contribution in [-0.2, 0) is 71.3 Å². The number of cyclic esters (lactones) is 1. The molecule has 13 atom stereocenters. The van der Waals surface area contributed by atoms with E-state index in [2.05, 4.69) is 13.0 Å². The maximum absolute atomic E-state index is 15.9. The number of aliphatic hydroxyl groups excluding tert-OH is 1. The minimum absolute atomic E-state index is 0.0471. The first-order chi connectivity index (χ1) is 36.8. The predicted molar refractivity (Wildman–Crippen MR) is 290 cm³/mol. The summed E-state index contributed by atoms with van der Waals surface area (Å²) in [5, 5.41) is 9.60. The highest BCUT2D eigenvalue weighted by Gasteiger charge is 2.64. The van der Waals surface area contributed by atoms with Crippen LogP contribution >= 0.6 is 0 Å². The molecule has 0 aromatic heterocycles. The van der Waals surface area contributed by atoms with E-state index in [-0.39, 0.29) is 87.0 Å². The first-order valence-electron chi connectivity index (χ1n) is 28.5. The number of Topliss-reactive ketones (excluding diaryl/α,β-unsaturated/α-hetero) is 3. The molecule has 0 radical (unpaired) electrons. The van der Waals surface area contributed by atoms with Gasteiger partial charge in [-0.3, -0.25) is 19.2 Å². The molecule has 2 bridgehead atoms. The summed E-state index contributed by atoms with van der Waals surface area (Å²) in [6.45, 7) is 18.2. The third-order valence-corrected chi connectivity index (χ3v) is 17.0. The lowest BCUT2D eigenvalue weighted by Crippen LogP contribution is -2.68. The van der Waals surface area contributed by atoms with Crippen molar-refractivity contribution >= 4 is 29.2 Å². The van der Waals surface area contributed by atoms with Gasteiger partial charge >= 0.3 is 5.97 Å². The molecule has 0 aromatic carbocycles. The van der Waals surface area contributed by atoms with E-state index in [1.807, 2.05) is 65.8 Å². The fourth-order valence-electron chi connectivity index (χ4n) is 12.3. The summed E-state index contributed by atoms with van der Waals surface area (Å²) in [6.07, 6.45) is 14.0. The van der Waals surface area contributed by atoms with Crippen molar-refractivity contribution in [2.75, 3.05) is 87.3 Å². The number of amides is 1. The molecule has 10 unspecified atom stereocenters. The lowest BCUT2D eigenvalue weighted by atomic mass is 9.55. The Labute approximate surface area is 459 Å². The Balaban J connectivity index is 1.52. The number of allylic oxidation sites excluding steroid dienone is 6. The highest BCUT2D eigenvalue weighted by Crippen LogP contribution is 2.55. The number of ketones is 3. The van der Waals surface area contributed by atoms with Crippen molar-refractivity contribution in [2.45, 2.75) is 180 Å². The van der Waals surface area contributed by atoms with Crippen molar-refractivity contribution in [3.05, 3.63) is 47.6 Å². The highest BCUT2D eigenvalue weighted by atomic mass is 16.6. The number of hydrogen-bond donors (Lipinski definition) is 1. The van der Waals surface area contributed by atoms with E-state index in [0.29, 0.717) is 103 Å². The number of nitrogens with zero attached hydrogens (tertiary/aromatic N) is 1.